The first-order valence-electron chi connectivity index (χ1n) is 10.1. The fraction of sp³-hybridized carbons (Fsp3) is 0.120. The predicted octanol–water partition coefficient (Wildman–Crippen LogP) is 4.06. The molecule has 33 heavy (non-hydrogen) atoms. The second-order valence-electron chi connectivity index (χ2n) is 7.28. The second-order valence-corrected chi connectivity index (χ2v) is 7.28. The first-order chi connectivity index (χ1) is 16.1. The predicted molar refractivity (Wildman–Crippen MR) is 119 cm³/mol. The summed E-state index contributed by atoms with van der Waals surface area (Å²) in [5.41, 5.74) is 1.78. The lowest BCUT2D eigenvalue weighted by Crippen LogP contribution is -2.20. The Hall–Kier alpha value is -4.46. The molecule has 3 aromatic carbocycles. The van der Waals surface area contributed by atoms with E-state index >= 15 is 0 Å². The Morgan fingerprint density at radius 3 is 2.76 bits per heavy atom. The summed E-state index contributed by atoms with van der Waals surface area (Å²) in [5, 5.41) is 2.74. The molecule has 2 aliphatic rings. The second kappa shape index (κ2) is 8.58. The number of Topliss-reactive ketones (excluding diaryl/α,β-unsaturated/α-hetero) is 1. The van der Waals surface area contributed by atoms with E-state index in [2.05, 4.69) is 5.32 Å². The standard InChI is InChI=1S/C25H19NO7/c1-29-17-4-2-3-16(11-17)26-24(27)13-30-18-6-7-19-21(12-18)33-23(25(19)28)10-15-5-8-20-22(9-15)32-14-31-20/h2-12H,13-14H2,1H3,(H,26,27). The van der Waals surface area contributed by atoms with Crippen LogP contribution in [0.5, 0.6) is 28.7 Å². The quantitative estimate of drug-likeness (QED) is 0.572. The van der Waals surface area contributed by atoms with E-state index in [0.717, 1.165) is 5.56 Å². The topological polar surface area (TPSA) is 92.3 Å². The van der Waals surface area contributed by atoms with Crippen molar-refractivity contribution in [2.24, 2.45) is 0 Å². The number of rotatable bonds is 6. The Morgan fingerprint density at radius 2 is 1.88 bits per heavy atom. The van der Waals surface area contributed by atoms with E-state index in [4.69, 9.17) is 23.7 Å². The summed E-state index contributed by atoms with van der Waals surface area (Å²) in [6, 6.07) is 17.2. The zero-order chi connectivity index (χ0) is 22.8. The highest BCUT2D eigenvalue weighted by Gasteiger charge is 2.28. The van der Waals surface area contributed by atoms with Crippen molar-refractivity contribution in [3.05, 3.63) is 77.5 Å². The molecule has 0 atom stereocenters. The number of nitrogens with one attached hydrogen (secondary N) is 1. The van der Waals surface area contributed by atoms with Gasteiger partial charge >= 0.3 is 0 Å². The van der Waals surface area contributed by atoms with Crippen LogP contribution in [-0.4, -0.2) is 32.2 Å². The number of methoxy groups -OCH3 is 1. The molecule has 0 bridgehead atoms. The largest absolute Gasteiger partial charge is 0.497 e. The molecule has 0 saturated carbocycles. The highest BCUT2D eigenvalue weighted by atomic mass is 16.7. The van der Waals surface area contributed by atoms with Crippen LogP contribution in [0.4, 0.5) is 5.69 Å². The van der Waals surface area contributed by atoms with Gasteiger partial charge in [-0.2, -0.15) is 0 Å². The van der Waals surface area contributed by atoms with Gasteiger partial charge in [-0.05, 0) is 48.0 Å². The molecule has 0 fully saturated rings. The molecule has 0 saturated heterocycles. The average Bonchev–Trinajstić information content (AvgIpc) is 3.41. The highest BCUT2D eigenvalue weighted by Crippen LogP contribution is 2.37. The molecule has 8 nitrogen and oxygen atoms in total. The van der Waals surface area contributed by atoms with Crippen LogP contribution in [0, 0.1) is 0 Å². The molecular weight excluding hydrogens is 426 g/mol. The van der Waals surface area contributed by atoms with Gasteiger partial charge in [-0.1, -0.05) is 12.1 Å². The van der Waals surface area contributed by atoms with Crippen molar-refractivity contribution in [1.29, 1.82) is 0 Å². The van der Waals surface area contributed by atoms with Crippen LogP contribution in [-0.2, 0) is 4.79 Å². The van der Waals surface area contributed by atoms with Gasteiger partial charge in [-0.25, -0.2) is 0 Å². The number of carbonyl (C=O) groups excluding carboxylic acids is 2. The van der Waals surface area contributed by atoms with Crippen molar-refractivity contribution in [1.82, 2.24) is 0 Å². The molecule has 0 spiro atoms. The molecule has 2 heterocycles. The summed E-state index contributed by atoms with van der Waals surface area (Å²) in [5.74, 6) is 2.33. The molecule has 166 valence electrons. The van der Waals surface area contributed by atoms with Gasteiger partial charge < -0.3 is 29.0 Å². The Kier molecular flexibility index (Phi) is 5.32. The molecule has 3 aromatic rings. The number of allylic oxidation sites excluding steroid dienone is 1. The maximum atomic E-state index is 12.7. The van der Waals surface area contributed by atoms with Crippen LogP contribution in [0.3, 0.4) is 0 Å². The molecule has 1 N–H and O–H groups in total. The van der Waals surface area contributed by atoms with Crippen LogP contribution in [0.15, 0.2) is 66.4 Å². The molecule has 0 aromatic heterocycles. The number of hydrogen-bond donors (Lipinski definition) is 1. The van der Waals surface area contributed by atoms with Crippen LogP contribution >= 0.6 is 0 Å². The SMILES string of the molecule is COc1cccc(NC(=O)COc2ccc3c(c2)OC(=Cc2ccc4c(c2)OCO4)C3=O)c1. The van der Waals surface area contributed by atoms with Crippen molar-refractivity contribution in [2.45, 2.75) is 0 Å². The maximum Gasteiger partial charge on any atom is 0.262 e. The molecule has 0 aliphatic carbocycles. The fourth-order valence-corrected chi connectivity index (χ4v) is 3.46. The monoisotopic (exact) mass is 445 g/mol. The minimum atomic E-state index is -0.330. The number of amides is 1. The number of ketones is 1. The van der Waals surface area contributed by atoms with Crippen LogP contribution < -0.4 is 29.0 Å². The lowest BCUT2D eigenvalue weighted by molar-refractivity contribution is -0.118. The van der Waals surface area contributed by atoms with Gasteiger partial charge in [-0.15, -0.1) is 0 Å². The third kappa shape index (κ3) is 4.31. The van der Waals surface area contributed by atoms with Crippen molar-refractivity contribution >= 4 is 23.5 Å². The third-order valence-corrected chi connectivity index (χ3v) is 5.06. The summed E-state index contributed by atoms with van der Waals surface area (Å²) in [6.07, 6.45) is 1.65. The van der Waals surface area contributed by atoms with Crippen molar-refractivity contribution in [2.75, 3.05) is 25.8 Å². The van der Waals surface area contributed by atoms with Gasteiger partial charge in [0.2, 0.25) is 12.6 Å². The molecule has 8 heteroatoms. The van der Waals surface area contributed by atoms with E-state index in [1.165, 1.54) is 0 Å². The highest BCUT2D eigenvalue weighted by molar-refractivity contribution is 6.14. The zero-order valence-electron chi connectivity index (χ0n) is 17.6. The summed E-state index contributed by atoms with van der Waals surface area (Å²) in [6.45, 7) is -0.0274. The van der Waals surface area contributed by atoms with E-state index in [9.17, 15) is 9.59 Å². The Balaban J connectivity index is 1.24. The van der Waals surface area contributed by atoms with Gasteiger partial charge in [-0.3, -0.25) is 9.59 Å². The Morgan fingerprint density at radius 1 is 1.00 bits per heavy atom. The first-order valence-corrected chi connectivity index (χ1v) is 10.1. The van der Waals surface area contributed by atoms with Gasteiger partial charge in [0.15, 0.2) is 23.9 Å². The molecule has 2 aliphatic heterocycles. The van der Waals surface area contributed by atoms with Crippen LogP contribution in [0.25, 0.3) is 6.08 Å². The molecule has 0 radical (unpaired) electrons. The fourth-order valence-electron chi connectivity index (χ4n) is 3.46. The molecule has 0 unspecified atom stereocenters. The van der Waals surface area contributed by atoms with E-state index < -0.39 is 0 Å². The minimum absolute atomic E-state index is 0.177. The number of carbonyl (C=O) groups is 2. The number of hydrogen-bond acceptors (Lipinski definition) is 7. The van der Waals surface area contributed by atoms with Gasteiger partial charge in [0.25, 0.3) is 5.91 Å². The van der Waals surface area contributed by atoms with Gasteiger partial charge in [0, 0.05) is 17.8 Å². The van der Waals surface area contributed by atoms with Gasteiger partial charge in [0.1, 0.15) is 17.2 Å². The third-order valence-electron chi connectivity index (χ3n) is 5.06. The lowest BCUT2D eigenvalue weighted by atomic mass is 10.1. The molecule has 5 rings (SSSR count). The van der Waals surface area contributed by atoms with Crippen molar-refractivity contribution < 1.29 is 33.3 Å². The number of ether oxygens (including phenoxy) is 5. The smallest absolute Gasteiger partial charge is 0.262 e. The number of fused-ring (bicyclic) bond motifs is 2. The van der Waals surface area contributed by atoms with Gasteiger partial charge in [0.05, 0.1) is 12.7 Å². The van der Waals surface area contributed by atoms with E-state index in [0.29, 0.717) is 40.0 Å². The van der Waals surface area contributed by atoms with Crippen LogP contribution in [0.1, 0.15) is 15.9 Å². The number of benzene rings is 3. The normalized spacial score (nSPS) is 14.6. The zero-order valence-corrected chi connectivity index (χ0v) is 17.6. The van der Waals surface area contributed by atoms with E-state index in [1.807, 2.05) is 6.07 Å². The molecular formula is C25H19NO7. The first kappa shape index (κ1) is 20.4. The molecule has 1 amide bonds. The van der Waals surface area contributed by atoms with E-state index in [1.54, 1.807) is 67.8 Å². The summed E-state index contributed by atoms with van der Waals surface area (Å²) in [4.78, 5) is 24.9. The number of anilines is 1. The summed E-state index contributed by atoms with van der Waals surface area (Å²) in [7, 11) is 1.56. The lowest BCUT2D eigenvalue weighted by Gasteiger charge is -2.09. The Bertz CT molecular complexity index is 1280. The van der Waals surface area contributed by atoms with E-state index in [-0.39, 0.29) is 30.8 Å². The van der Waals surface area contributed by atoms with Crippen LogP contribution in [0.2, 0.25) is 0 Å². The van der Waals surface area contributed by atoms with Crippen molar-refractivity contribution in [3.63, 3.8) is 0 Å². The average molecular weight is 445 g/mol. The van der Waals surface area contributed by atoms with Crippen molar-refractivity contribution in [3.8, 4) is 28.7 Å². The minimum Gasteiger partial charge on any atom is -0.497 e. The Labute approximate surface area is 189 Å². The summed E-state index contributed by atoms with van der Waals surface area (Å²) >= 11 is 0. The summed E-state index contributed by atoms with van der Waals surface area (Å²) < 4.78 is 27.1. The maximum absolute atomic E-state index is 12.7.